The third kappa shape index (κ3) is 4.58. The molecule has 2 aromatic rings. The van der Waals surface area contributed by atoms with Crippen molar-refractivity contribution >= 4 is 0 Å². The predicted molar refractivity (Wildman–Crippen MR) is 88.2 cm³/mol. The molecule has 1 nitrogen and oxygen atoms in total. The number of rotatable bonds is 5. The minimum absolute atomic E-state index is 0.396. The van der Waals surface area contributed by atoms with Crippen LogP contribution in [0.2, 0.25) is 0 Å². The van der Waals surface area contributed by atoms with Crippen LogP contribution in [0.5, 0.6) is 0 Å². The van der Waals surface area contributed by atoms with Crippen LogP contribution in [0.3, 0.4) is 0 Å². The molecule has 0 aliphatic heterocycles. The average Bonchev–Trinajstić information content (AvgIpc) is 2.47. The molecule has 2 rings (SSSR count). The average molecular weight is 321 g/mol. The largest absolute Gasteiger partial charge is 0.416 e. The van der Waals surface area contributed by atoms with Crippen LogP contribution in [-0.4, -0.2) is 7.05 Å². The second kappa shape index (κ2) is 7.18. The third-order valence-electron chi connectivity index (χ3n) is 3.71. The van der Waals surface area contributed by atoms with Crippen LogP contribution in [0.15, 0.2) is 42.5 Å². The van der Waals surface area contributed by atoms with Crippen LogP contribution in [0.1, 0.15) is 30.5 Å². The molecule has 0 atom stereocenters. The highest BCUT2D eigenvalue weighted by molar-refractivity contribution is 5.68. The minimum Gasteiger partial charge on any atom is -0.316 e. The Morgan fingerprint density at radius 2 is 1.65 bits per heavy atom. The first-order valence-electron chi connectivity index (χ1n) is 7.75. The van der Waals surface area contributed by atoms with Gasteiger partial charge in [0.1, 0.15) is 0 Å². The zero-order valence-electron chi connectivity index (χ0n) is 13.7. The SMILES string of the molecule is CNCc1cc(C(F)(F)F)ccc1-c1ccc(CC(C)C)cc1. The molecule has 0 saturated carbocycles. The lowest BCUT2D eigenvalue weighted by molar-refractivity contribution is -0.137. The second-order valence-electron chi connectivity index (χ2n) is 6.19. The van der Waals surface area contributed by atoms with Crippen molar-refractivity contribution in [1.82, 2.24) is 5.32 Å². The molecular weight excluding hydrogens is 299 g/mol. The summed E-state index contributed by atoms with van der Waals surface area (Å²) < 4.78 is 38.7. The monoisotopic (exact) mass is 321 g/mol. The highest BCUT2D eigenvalue weighted by Crippen LogP contribution is 2.33. The quantitative estimate of drug-likeness (QED) is 0.789. The van der Waals surface area contributed by atoms with Crippen LogP contribution in [-0.2, 0) is 19.1 Å². The van der Waals surface area contributed by atoms with E-state index in [1.807, 2.05) is 12.1 Å². The Labute approximate surface area is 135 Å². The molecule has 0 heterocycles. The highest BCUT2D eigenvalue weighted by atomic mass is 19.4. The van der Waals surface area contributed by atoms with Crippen molar-refractivity contribution in [3.05, 3.63) is 59.2 Å². The van der Waals surface area contributed by atoms with Gasteiger partial charge in [-0.3, -0.25) is 0 Å². The van der Waals surface area contributed by atoms with Crippen LogP contribution >= 0.6 is 0 Å². The molecule has 4 heteroatoms. The fraction of sp³-hybridized carbons (Fsp3) is 0.368. The lowest BCUT2D eigenvalue weighted by atomic mass is 9.95. The Morgan fingerprint density at radius 3 is 2.17 bits per heavy atom. The molecule has 0 aliphatic carbocycles. The van der Waals surface area contributed by atoms with Crippen molar-refractivity contribution in [3.63, 3.8) is 0 Å². The van der Waals surface area contributed by atoms with E-state index in [2.05, 4.69) is 31.3 Å². The Kier molecular flexibility index (Phi) is 5.47. The van der Waals surface area contributed by atoms with Crippen LogP contribution in [0, 0.1) is 5.92 Å². The number of halogens is 3. The van der Waals surface area contributed by atoms with Gasteiger partial charge in [0, 0.05) is 6.54 Å². The summed E-state index contributed by atoms with van der Waals surface area (Å²) in [6, 6.07) is 12.0. The molecule has 23 heavy (non-hydrogen) atoms. The van der Waals surface area contributed by atoms with E-state index in [1.54, 1.807) is 13.1 Å². The summed E-state index contributed by atoms with van der Waals surface area (Å²) in [5.41, 5.74) is 3.06. The van der Waals surface area contributed by atoms with Gasteiger partial charge in [0.05, 0.1) is 5.56 Å². The van der Waals surface area contributed by atoms with Gasteiger partial charge in [-0.25, -0.2) is 0 Å². The predicted octanol–water partition coefficient (Wildman–Crippen LogP) is 5.29. The highest BCUT2D eigenvalue weighted by Gasteiger charge is 2.30. The van der Waals surface area contributed by atoms with Gasteiger partial charge in [-0.05, 0) is 53.8 Å². The number of hydrogen-bond acceptors (Lipinski definition) is 1. The van der Waals surface area contributed by atoms with Crippen LogP contribution in [0.4, 0.5) is 13.2 Å². The first-order valence-corrected chi connectivity index (χ1v) is 7.75. The number of benzene rings is 2. The molecule has 2 aromatic carbocycles. The van der Waals surface area contributed by atoms with Crippen molar-refractivity contribution < 1.29 is 13.2 Å². The molecule has 0 saturated heterocycles. The lowest BCUT2D eigenvalue weighted by Gasteiger charge is -2.14. The van der Waals surface area contributed by atoms with Crippen LogP contribution < -0.4 is 5.32 Å². The molecular formula is C19H22F3N. The molecule has 0 aromatic heterocycles. The van der Waals surface area contributed by atoms with Gasteiger partial charge < -0.3 is 5.32 Å². The summed E-state index contributed by atoms with van der Waals surface area (Å²) in [4.78, 5) is 0. The molecule has 0 unspecified atom stereocenters. The maximum atomic E-state index is 12.9. The standard InChI is InChI=1S/C19H22F3N/c1-13(2)10-14-4-6-15(7-5-14)18-9-8-17(19(20,21)22)11-16(18)12-23-3/h4-9,11,13,23H,10,12H2,1-3H3. The molecule has 0 amide bonds. The molecule has 0 spiro atoms. The van der Waals surface area contributed by atoms with Crippen molar-refractivity contribution in [2.24, 2.45) is 5.92 Å². The molecule has 0 aliphatic rings. The van der Waals surface area contributed by atoms with Gasteiger partial charge in [0.25, 0.3) is 0 Å². The third-order valence-corrected chi connectivity index (χ3v) is 3.71. The second-order valence-corrected chi connectivity index (χ2v) is 6.19. The van der Waals surface area contributed by atoms with E-state index < -0.39 is 11.7 Å². The first-order chi connectivity index (χ1) is 10.8. The number of nitrogens with one attached hydrogen (secondary N) is 1. The zero-order valence-corrected chi connectivity index (χ0v) is 13.7. The molecule has 0 fully saturated rings. The maximum absolute atomic E-state index is 12.9. The smallest absolute Gasteiger partial charge is 0.316 e. The summed E-state index contributed by atoms with van der Waals surface area (Å²) in [6.07, 6.45) is -3.32. The Morgan fingerprint density at radius 1 is 1.00 bits per heavy atom. The number of alkyl halides is 3. The van der Waals surface area contributed by atoms with Gasteiger partial charge in [-0.15, -0.1) is 0 Å². The molecule has 1 N–H and O–H groups in total. The van der Waals surface area contributed by atoms with Gasteiger partial charge in [0.15, 0.2) is 0 Å². The normalized spacial score (nSPS) is 12.0. The van der Waals surface area contributed by atoms with Gasteiger partial charge in [0.2, 0.25) is 0 Å². The Hall–Kier alpha value is -1.81. The van der Waals surface area contributed by atoms with Crippen molar-refractivity contribution in [1.29, 1.82) is 0 Å². The van der Waals surface area contributed by atoms with E-state index in [4.69, 9.17) is 0 Å². The van der Waals surface area contributed by atoms with Crippen molar-refractivity contribution in [2.45, 2.75) is 33.0 Å². The summed E-state index contributed by atoms with van der Waals surface area (Å²) >= 11 is 0. The minimum atomic E-state index is -4.32. The maximum Gasteiger partial charge on any atom is 0.416 e. The molecule has 124 valence electrons. The zero-order chi connectivity index (χ0) is 17.0. The van der Waals surface area contributed by atoms with Crippen LogP contribution in [0.25, 0.3) is 11.1 Å². The van der Waals surface area contributed by atoms with Gasteiger partial charge in [-0.1, -0.05) is 44.2 Å². The fourth-order valence-electron chi connectivity index (χ4n) is 2.68. The van der Waals surface area contributed by atoms with Gasteiger partial charge in [-0.2, -0.15) is 13.2 Å². The molecule has 0 radical (unpaired) electrons. The van der Waals surface area contributed by atoms with E-state index in [0.717, 1.165) is 23.6 Å². The summed E-state index contributed by atoms with van der Waals surface area (Å²) in [5, 5.41) is 2.94. The first kappa shape index (κ1) is 17.5. The molecule has 0 bridgehead atoms. The van der Waals surface area contributed by atoms with Gasteiger partial charge >= 0.3 is 6.18 Å². The van der Waals surface area contributed by atoms with E-state index in [1.165, 1.54) is 11.6 Å². The Balaban J connectivity index is 2.38. The van der Waals surface area contributed by atoms with E-state index in [-0.39, 0.29) is 0 Å². The number of hydrogen-bond donors (Lipinski definition) is 1. The summed E-state index contributed by atoms with van der Waals surface area (Å²) in [7, 11) is 1.73. The van der Waals surface area contributed by atoms with E-state index in [0.29, 0.717) is 18.0 Å². The lowest BCUT2D eigenvalue weighted by Crippen LogP contribution is -2.10. The topological polar surface area (TPSA) is 12.0 Å². The Bertz CT molecular complexity index is 643. The van der Waals surface area contributed by atoms with Crippen molar-refractivity contribution in [2.75, 3.05) is 7.05 Å². The summed E-state index contributed by atoms with van der Waals surface area (Å²) in [6.45, 7) is 4.72. The van der Waals surface area contributed by atoms with E-state index in [9.17, 15) is 13.2 Å². The van der Waals surface area contributed by atoms with Crippen molar-refractivity contribution in [3.8, 4) is 11.1 Å². The van der Waals surface area contributed by atoms with E-state index >= 15 is 0 Å². The fourth-order valence-corrected chi connectivity index (χ4v) is 2.68. The summed E-state index contributed by atoms with van der Waals surface area (Å²) in [5.74, 6) is 0.576.